The molecule has 4 rings (SSSR count). The highest BCUT2D eigenvalue weighted by molar-refractivity contribution is 7.98. The lowest BCUT2D eigenvalue weighted by atomic mass is 10.1. The van der Waals surface area contributed by atoms with Crippen LogP contribution in [-0.2, 0) is 20.9 Å². The largest absolute Gasteiger partial charge is 0.455 e. The standard InChI is InChI=1S/C22H20N2O4S/c1-29-18-9-5-8-17(11-18)24-13-16(10-21(24)25)22(26)27-14-20-23-12-19(28-20)15-6-3-2-4-7-15/h2-9,11-12,16H,10,13-14H2,1H3/t16-/m1/s1. The maximum Gasteiger partial charge on any atom is 0.311 e. The average molecular weight is 408 g/mol. The van der Waals surface area contributed by atoms with E-state index < -0.39 is 11.9 Å². The van der Waals surface area contributed by atoms with Crippen LogP contribution in [0.3, 0.4) is 0 Å². The van der Waals surface area contributed by atoms with E-state index in [1.165, 1.54) is 0 Å². The number of benzene rings is 2. The van der Waals surface area contributed by atoms with Crippen LogP contribution in [0, 0.1) is 5.92 Å². The van der Waals surface area contributed by atoms with Gasteiger partial charge >= 0.3 is 5.97 Å². The molecule has 1 atom stereocenters. The van der Waals surface area contributed by atoms with Gasteiger partial charge in [0.1, 0.15) is 0 Å². The molecular weight excluding hydrogens is 388 g/mol. The highest BCUT2D eigenvalue weighted by Crippen LogP contribution is 2.29. The predicted molar refractivity (Wildman–Crippen MR) is 110 cm³/mol. The van der Waals surface area contributed by atoms with Crippen LogP contribution >= 0.6 is 11.8 Å². The quantitative estimate of drug-likeness (QED) is 0.450. The summed E-state index contributed by atoms with van der Waals surface area (Å²) in [6.07, 6.45) is 3.73. The molecule has 1 aliphatic heterocycles. The maximum absolute atomic E-state index is 12.5. The molecule has 6 nitrogen and oxygen atoms in total. The normalized spacial score (nSPS) is 16.2. The van der Waals surface area contributed by atoms with Gasteiger partial charge in [0.25, 0.3) is 0 Å². The second-order valence-electron chi connectivity index (χ2n) is 6.70. The number of nitrogens with zero attached hydrogens (tertiary/aromatic N) is 2. The van der Waals surface area contributed by atoms with Crippen LogP contribution in [0.2, 0.25) is 0 Å². The molecule has 0 bridgehead atoms. The predicted octanol–water partition coefficient (Wildman–Crippen LogP) is 4.16. The summed E-state index contributed by atoms with van der Waals surface area (Å²) in [5, 5.41) is 0. The minimum absolute atomic E-state index is 0.0572. The van der Waals surface area contributed by atoms with Crippen molar-refractivity contribution in [3.8, 4) is 11.3 Å². The summed E-state index contributed by atoms with van der Waals surface area (Å²) >= 11 is 1.61. The van der Waals surface area contributed by atoms with Gasteiger partial charge < -0.3 is 14.1 Å². The Hall–Kier alpha value is -3.06. The van der Waals surface area contributed by atoms with Crippen molar-refractivity contribution in [1.82, 2.24) is 4.98 Å². The Balaban J connectivity index is 1.36. The van der Waals surface area contributed by atoms with Gasteiger partial charge in [-0.25, -0.2) is 4.98 Å². The first kappa shape index (κ1) is 19.3. The average Bonchev–Trinajstić information content (AvgIpc) is 3.39. The Morgan fingerprint density at radius 1 is 1.24 bits per heavy atom. The molecule has 0 radical (unpaired) electrons. The summed E-state index contributed by atoms with van der Waals surface area (Å²) in [5.74, 6) is -0.0448. The van der Waals surface area contributed by atoms with E-state index in [0.29, 0.717) is 18.2 Å². The molecule has 1 aromatic heterocycles. The van der Waals surface area contributed by atoms with Crippen LogP contribution in [0.25, 0.3) is 11.3 Å². The molecule has 148 valence electrons. The third-order valence-electron chi connectivity index (χ3n) is 4.77. The number of carbonyl (C=O) groups excluding carboxylic acids is 2. The maximum atomic E-state index is 12.5. The topological polar surface area (TPSA) is 72.6 Å². The van der Waals surface area contributed by atoms with Gasteiger partial charge in [-0.15, -0.1) is 11.8 Å². The number of hydrogen-bond donors (Lipinski definition) is 0. The molecule has 29 heavy (non-hydrogen) atoms. The molecule has 0 unspecified atom stereocenters. The summed E-state index contributed by atoms with van der Waals surface area (Å²) in [7, 11) is 0. The van der Waals surface area contributed by atoms with E-state index in [0.717, 1.165) is 16.1 Å². The van der Waals surface area contributed by atoms with E-state index in [1.807, 2.05) is 60.9 Å². The summed E-state index contributed by atoms with van der Waals surface area (Å²) in [6.45, 7) is 0.259. The van der Waals surface area contributed by atoms with Crippen molar-refractivity contribution in [2.45, 2.75) is 17.9 Å². The molecule has 3 aromatic rings. The fourth-order valence-corrected chi connectivity index (χ4v) is 3.71. The van der Waals surface area contributed by atoms with E-state index >= 15 is 0 Å². The van der Waals surface area contributed by atoms with Crippen molar-refractivity contribution < 1.29 is 18.7 Å². The molecule has 1 aliphatic rings. The molecule has 1 amide bonds. The van der Waals surface area contributed by atoms with Crippen LogP contribution in [0.5, 0.6) is 0 Å². The lowest BCUT2D eigenvalue weighted by Gasteiger charge is -2.17. The lowest BCUT2D eigenvalue weighted by Crippen LogP contribution is -2.26. The Morgan fingerprint density at radius 2 is 2.07 bits per heavy atom. The van der Waals surface area contributed by atoms with Crippen molar-refractivity contribution in [3.63, 3.8) is 0 Å². The van der Waals surface area contributed by atoms with E-state index in [-0.39, 0.29) is 18.9 Å². The smallest absolute Gasteiger partial charge is 0.311 e. The first-order valence-electron chi connectivity index (χ1n) is 9.25. The summed E-state index contributed by atoms with van der Waals surface area (Å²) < 4.78 is 11.0. The molecule has 0 aliphatic carbocycles. The fourth-order valence-electron chi connectivity index (χ4n) is 3.26. The van der Waals surface area contributed by atoms with Gasteiger partial charge in [0.15, 0.2) is 12.4 Å². The number of hydrogen-bond acceptors (Lipinski definition) is 6. The molecule has 7 heteroatoms. The molecule has 1 saturated heterocycles. The van der Waals surface area contributed by atoms with Gasteiger partial charge in [-0.1, -0.05) is 36.4 Å². The lowest BCUT2D eigenvalue weighted by molar-refractivity contribution is -0.150. The fraction of sp³-hybridized carbons (Fsp3) is 0.227. The van der Waals surface area contributed by atoms with Crippen LogP contribution in [0.4, 0.5) is 5.69 Å². The number of rotatable bonds is 6. The van der Waals surface area contributed by atoms with Gasteiger partial charge in [0.05, 0.1) is 12.1 Å². The summed E-state index contributed by atoms with van der Waals surface area (Å²) in [5.41, 5.74) is 1.71. The second-order valence-corrected chi connectivity index (χ2v) is 7.58. The van der Waals surface area contributed by atoms with E-state index in [2.05, 4.69) is 4.98 Å². The number of anilines is 1. The zero-order valence-corrected chi connectivity index (χ0v) is 16.7. The van der Waals surface area contributed by atoms with Crippen molar-refractivity contribution in [2.75, 3.05) is 17.7 Å². The highest BCUT2D eigenvalue weighted by Gasteiger charge is 2.36. The van der Waals surface area contributed by atoms with Crippen molar-refractivity contribution in [3.05, 3.63) is 66.7 Å². The Bertz CT molecular complexity index is 1020. The summed E-state index contributed by atoms with van der Waals surface area (Å²) in [4.78, 5) is 31.7. The SMILES string of the molecule is CSc1cccc(N2C[C@H](C(=O)OCc3ncc(-c4ccccc4)o3)CC2=O)c1. The summed E-state index contributed by atoms with van der Waals surface area (Å²) in [6, 6.07) is 17.3. The Morgan fingerprint density at radius 3 is 2.86 bits per heavy atom. The molecule has 0 spiro atoms. The van der Waals surface area contributed by atoms with E-state index in [9.17, 15) is 9.59 Å². The van der Waals surface area contributed by atoms with Crippen molar-refractivity contribution >= 4 is 29.3 Å². The minimum atomic E-state index is -0.496. The first-order valence-corrected chi connectivity index (χ1v) is 10.5. The number of amides is 1. The third-order valence-corrected chi connectivity index (χ3v) is 5.50. The van der Waals surface area contributed by atoms with Crippen LogP contribution in [-0.4, -0.2) is 29.7 Å². The van der Waals surface area contributed by atoms with Crippen LogP contribution in [0.1, 0.15) is 12.3 Å². The number of aromatic nitrogens is 1. The molecule has 1 fully saturated rings. The zero-order valence-electron chi connectivity index (χ0n) is 15.9. The zero-order chi connectivity index (χ0) is 20.2. The van der Waals surface area contributed by atoms with Gasteiger partial charge in [0, 0.05) is 29.1 Å². The number of oxazole rings is 1. The van der Waals surface area contributed by atoms with E-state index in [4.69, 9.17) is 9.15 Å². The molecule has 0 N–H and O–H groups in total. The third kappa shape index (κ3) is 4.35. The number of ether oxygens (including phenoxy) is 1. The molecular formula is C22H20N2O4S. The first-order chi connectivity index (χ1) is 14.1. The molecule has 2 aromatic carbocycles. The van der Waals surface area contributed by atoms with Gasteiger partial charge in [-0.05, 0) is 24.5 Å². The Labute approximate surface area is 172 Å². The van der Waals surface area contributed by atoms with Gasteiger partial charge in [-0.2, -0.15) is 0 Å². The van der Waals surface area contributed by atoms with Crippen molar-refractivity contribution in [1.29, 1.82) is 0 Å². The molecule has 0 saturated carbocycles. The number of carbonyl (C=O) groups is 2. The second kappa shape index (κ2) is 8.53. The monoisotopic (exact) mass is 408 g/mol. The Kier molecular flexibility index (Phi) is 5.67. The van der Waals surface area contributed by atoms with Crippen molar-refractivity contribution in [2.24, 2.45) is 5.92 Å². The van der Waals surface area contributed by atoms with Crippen LogP contribution in [0.15, 0.2) is 70.1 Å². The minimum Gasteiger partial charge on any atom is -0.455 e. The van der Waals surface area contributed by atoms with Gasteiger partial charge in [-0.3, -0.25) is 9.59 Å². The molecule has 2 heterocycles. The number of esters is 1. The van der Waals surface area contributed by atoms with Gasteiger partial charge in [0.2, 0.25) is 11.8 Å². The van der Waals surface area contributed by atoms with E-state index in [1.54, 1.807) is 22.9 Å². The highest BCUT2D eigenvalue weighted by atomic mass is 32.2. The van der Waals surface area contributed by atoms with Crippen LogP contribution < -0.4 is 4.90 Å². The number of thioether (sulfide) groups is 1.